The molecule has 3 heteroatoms. The summed E-state index contributed by atoms with van der Waals surface area (Å²) >= 11 is 1.70. The second-order valence-corrected chi connectivity index (χ2v) is 6.33. The molecule has 0 spiro atoms. The molecule has 1 aromatic heterocycles. The average molecular weight is 289 g/mol. The minimum atomic E-state index is -0.0649. The van der Waals surface area contributed by atoms with Crippen molar-refractivity contribution in [2.24, 2.45) is 5.73 Å². The first kappa shape index (κ1) is 15.1. The highest BCUT2D eigenvalue weighted by Gasteiger charge is 2.21. The Balaban J connectivity index is 2.15. The first-order valence-electron chi connectivity index (χ1n) is 7.17. The molecule has 0 saturated carbocycles. The Kier molecular flexibility index (Phi) is 5.21. The summed E-state index contributed by atoms with van der Waals surface area (Å²) in [6, 6.07) is 12.5. The van der Waals surface area contributed by atoms with Crippen molar-refractivity contribution in [3.8, 4) is 5.75 Å². The van der Waals surface area contributed by atoms with E-state index in [-0.39, 0.29) is 12.1 Å². The van der Waals surface area contributed by atoms with E-state index in [1.165, 1.54) is 10.4 Å². The summed E-state index contributed by atoms with van der Waals surface area (Å²) in [5.74, 6) is 1.42. The number of benzene rings is 1. The Morgan fingerprint density at radius 2 is 1.85 bits per heavy atom. The summed E-state index contributed by atoms with van der Waals surface area (Å²) in [7, 11) is 0. The van der Waals surface area contributed by atoms with Gasteiger partial charge in [-0.15, -0.1) is 11.3 Å². The van der Waals surface area contributed by atoms with E-state index in [4.69, 9.17) is 10.5 Å². The van der Waals surface area contributed by atoms with Gasteiger partial charge in [-0.1, -0.05) is 39.0 Å². The predicted molar refractivity (Wildman–Crippen MR) is 86.5 cm³/mol. The third-order valence-corrected chi connectivity index (χ3v) is 4.43. The topological polar surface area (TPSA) is 35.2 Å². The Morgan fingerprint density at radius 1 is 1.15 bits per heavy atom. The first-order valence-corrected chi connectivity index (χ1v) is 8.05. The van der Waals surface area contributed by atoms with E-state index in [9.17, 15) is 0 Å². The molecule has 1 aromatic carbocycles. The van der Waals surface area contributed by atoms with E-state index in [1.807, 2.05) is 18.2 Å². The summed E-state index contributed by atoms with van der Waals surface area (Å²) in [4.78, 5) is 1.19. The minimum Gasteiger partial charge on any atom is -0.483 e. The van der Waals surface area contributed by atoms with Gasteiger partial charge in [0.25, 0.3) is 0 Å². The van der Waals surface area contributed by atoms with E-state index >= 15 is 0 Å². The maximum absolute atomic E-state index is 6.22. The lowest BCUT2D eigenvalue weighted by Gasteiger charge is -2.23. The average Bonchev–Trinajstić information content (AvgIpc) is 2.98. The van der Waals surface area contributed by atoms with Gasteiger partial charge >= 0.3 is 0 Å². The summed E-state index contributed by atoms with van der Waals surface area (Å²) in [5.41, 5.74) is 7.54. The highest BCUT2D eigenvalue weighted by molar-refractivity contribution is 7.10. The number of nitrogens with two attached hydrogens (primary N) is 1. The van der Waals surface area contributed by atoms with Gasteiger partial charge in [-0.05, 0) is 41.5 Å². The van der Waals surface area contributed by atoms with Gasteiger partial charge in [-0.3, -0.25) is 0 Å². The van der Waals surface area contributed by atoms with Crippen molar-refractivity contribution < 1.29 is 4.74 Å². The van der Waals surface area contributed by atoms with Gasteiger partial charge < -0.3 is 10.5 Å². The van der Waals surface area contributed by atoms with Crippen molar-refractivity contribution in [1.82, 2.24) is 0 Å². The van der Waals surface area contributed by atoms with Crippen LogP contribution in [-0.2, 0) is 0 Å². The Bertz CT molecular complexity index is 504. The van der Waals surface area contributed by atoms with Gasteiger partial charge in [0, 0.05) is 10.9 Å². The zero-order valence-electron chi connectivity index (χ0n) is 12.4. The van der Waals surface area contributed by atoms with Gasteiger partial charge in [0.15, 0.2) is 0 Å². The predicted octanol–water partition coefficient (Wildman–Crippen LogP) is 4.73. The van der Waals surface area contributed by atoms with Crippen LogP contribution in [0.3, 0.4) is 0 Å². The van der Waals surface area contributed by atoms with Crippen LogP contribution in [0.4, 0.5) is 0 Å². The van der Waals surface area contributed by atoms with Crippen LogP contribution in [0.25, 0.3) is 0 Å². The largest absolute Gasteiger partial charge is 0.483 e. The SMILES string of the molecule is CCC(N)C(Oc1ccc(C(C)C)cc1)c1cccs1. The van der Waals surface area contributed by atoms with E-state index in [1.54, 1.807) is 11.3 Å². The molecule has 2 N–H and O–H groups in total. The van der Waals surface area contributed by atoms with E-state index < -0.39 is 0 Å². The second-order valence-electron chi connectivity index (χ2n) is 5.35. The maximum Gasteiger partial charge on any atom is 0.148 e. The highest BCUT2D eigenvalue weighted by atomic mass is 32.1. The molecule has 0 saturated heterocycles. The van der Waals surface area contributed by atoms with Crippen LogP contribution in [0.1, 0.15) is 49.7 Å². The fourth-order valence-electron chi connectivity index (χ4n) is 2.10. The van der Waals surface area contributed by atoms with Crippen LogP contribution in [0.15, 0.2) is 41.8 Å². The minimum absolute atomic E-state index is 0.0124. The van der Waals surface area contributed by atoms with Gasteiger partial charge in [-0.2, -0.15) is 0 Å². The molecule has 2 unspecified atom stereocenters. The molecule has 2 aromatic rings. The van der Waals surface area contributed by atoms with Crippen molar-refractivity contribution in [3.05, 3.63) is 52.2 Å². The van der Waals surface area contributed by atoms with Crippen molar-refractivity contribution in [2.45, 2.75) is 45.3 Å². The quantitative estimate of drug-likeness (QED) is 0.834. The molecule has 0 aliphatic rings. The molecule has 2 rings (SSSR count). The van der Waals surface area contributed by atoms with Crippen LogP contribution in [0.2, 0.25) is 0 Å². The molecular weight excluding hydrogens is 266 g/mol. The monoisotopic (exact) mass is 289 g/mol. The summed E-state index contributed by atoms with van der Waals surface area (Å²) in [6.07, 6.45) is 0.831. The third-order valence-electron chi connectivity index (χ3n) is 3.49. The van der Waals surface area contributed by atoms with E-state index in [0.29, 0.717) is 5.92 Å². The maximum atomic E-state index is 6.22. The van der Waals surface area contributed by atoms with Crippen LogP contribution in [-0.4, -0.2) is 6.04 Å². The summed E-state index contributed by atoms with van der Waals surface area (Å²) in [5, 5.41) is 2.07. The van der Waals surface area contributed by atoms with Crippen molar-refractivity contribution in [1.29, 1.82) is 0 Å². The lowest BCUT2D eigenvalue weighted by atomic mass is 10.0. The fourth-order valence-corrected chi connectivity index (χ4v) is 2.93. The third kappa shape index (κ3) is 3.62. The second kappa shape index (κ2) is 6.91. The van der Waals surface area contributed by atoms with Crippen molar-refractivity contribution >= 4 is 11.3 Å². The molecule has 0 aliphatic heterocycles. The van der Waals surface area contributed by atoms with Crippen LogP contribution in [0.5, 0.6) is 5.75 Å². The zero-order chi connectivity index (χ0) is 14.5. The molecule has 108 valence electrons. The normalized spacial score (nSPS) is 14.2. The molecule has 1 heterocycles. The van der Waals surface area contributed by atoms with Crippen molar-refractivity contribution in [3.63, 3.8) is 0 Å². The molecule has 0 fully saturated rings. The highest BCUT2D eigenvalue weighted by Crippen LogP contribution is 2.29. The Morgan fingerprint density at radius 3 is 2.35 bits per heavy atom. The number of ether oxygens (including phenoxy) is 1. The van der Waals surface area contributed by atoms with Crippen LogP contribution >= 0.6 is 11.3 Å². The molecule has 20 heavy (non-hydrogen) atoms. The van der Waals surface area contributed by atoms with Gasteiger partial charge in [0.1, 0.15) is 11.9 Å². The molecule has 0 amide bonds. The number of hydrogen-bond donors (Lipinski definition) is 1. The summed E-state index contributed by atoms with van der Waals surface area (Å²) in [6.45, 7) is 6.48. The van der Waals surface area contributed by atoms with E-state index in [0.717, 1.165) is 12.2 Å². The Hall–Kier alpha value is -1.32. The van der Waals surface area contributed by atoms with Crippen LogP contribution in [0, 0.1) is 0 Å². The smallest absolute Gasteiger partial charge is 0.148 e. The lowest BCUT2D eigenvalue weighted by Crippen LogP contribution is -2.30. The fraction of sp³-hybridized carbons (Fsp3) is 0.412. The zero-order valence-corrected chi connectivity index (χ0v) is 13.2. The molecule has 0 aliphatic carbocycles. The molecule has 0 bridgehead atoms. The van der Waals surface area contributed by atoms with Gasteiger partial charge in [0.05, 0.1) is 0 Å². The number of rotatable bonds is 6. The van der Waals surface area contributed by atoms with Gasteiger partial charge in [-0.25, -0.2) is 0 Å². The summed E-state index contributed by atoms with van der Waals surface area (Å²) < 4.78 is 6.13. The number of thiophene rings is 1. The first-order chi connectivity index (χ1) is 9.61. The molecular formula is C17H23NOS. The number of hydrogen-bond acceptors (Lipinski definition) is 3. The lowest BCUT2D eigenvalue weighted by molar-refractivity contribution is 0.174. The molecule has 2 atom stereocenters. The Labute approximate surface area is 125 Å². The molecule has 2 nitrogen and oxygen atoms in total. The van der Waals surface area contributed by atoms with Gasteiger partial charge in [0.2, 0.25) is 0 Å². The molecule has 0 radical (unpaired) electrons. The van der Waals surface area contributed by atoms with Crippen molar-refractivity contribution in [2.75, 3.05) is 0 Å². The standard InChI is InChI=1S/C17H23NOS/c1-4-15(18)17(16-6-5-11-20-16)19-14-9-7-13(8-10-14)12(2)3/h5-12,15,17H,4,18H2,1-3H3. The van der Waals surface area contributed by atoms with E-state index in [2.05, 4.69) is 44.4 Å². The van der Waals surface area contributed by atoms with Crippen LogP contribution < -0.4 is 10.5 Å².